The number of thiophene rings is 1. The van der Waals surface area contributed by atoms with E-state index >= 15 is 0 Å². The number of thioether (sulfide) groups is 1. The van der Waals surface area contributed by atoms with Crippen LogP contribution in [0.25, 0.3) is 0 Å². The second kappa shape index (κ2) is 6.92. The molecule has 4 heteroatoms. The van der Waals surface area contributed by atoms with Crippen LogP contribution in [0, 0.1) is 5.82 Å². The molecular weight excluding hydrogens is 265 g/mol. The molecule has 0 aliphatic carbocycles. The number of aryl methyl sites for hydroxylation is 1. The van der Waals surface area contributed by atoms with E-state index in [-0.39, 0.29) is 11.9 Å². The van der Waals surface area contributed by atoms with E-state index in [1.165, 1.54) is 10.9 Å². The number of halogens is 1. The lowest BCUT2D eigenvalue weighted by Gasteiger charge is -2.10. The van der Waals surface area contributed by atoms with Gasteiger partial charge in [-0.15, -0.1) is 23.1 Å². The average molecular weight is 281 g/mol. The Kier molecular flexibility index (Phi) is 5.23. The molecule has 0 saturated carbocycles. The van der Waals surface area contributed by atoms with Crippen LogP contribution in [0.2, 0.25) is 0 Å². The topological polar surface area (TPSA) is 26.0 Å². The molecule has 0 radical (unpaired) electrons. The van der Waals surface area contributed by atoms with Crippen LogP contribution < -0.4 is 5.73 Å². The van der Waals surface area contributed by atoms with E-state index < -0.39 is 0 Å². The first-order valence-corrected chi connectivity index (χ1v) is 7.77. The molecule has 2 aromatic rings. The van der Waals surface area contributed by atoms with E-state index in [9.17, 15) is 4.39 Å². The molecule has 2 N–H and O–H groups in total. The Labute approximate surface area is 115 Å². The summed E-state index contributed by atoms with van der Waals surface area (Å²) < 4.78 is 13.0. The second-order valence-corrected chi connectivity index (χ2v) is 6.27. The molecular formula is C14H16FNS2. The van der Waals surface area contributed by atoms with E-state index in [1.54, 1.807) is 35.2 Å². The van der Waals surface area contributed by atoms with Gasteiger partial charge in [-0.1, -0.05) is 12.1 Å². The van der Waals surface area contributed by atoms with Crippen LogP contribution in [0.1, 0.15) is 11.3 Å². The largest absolute Gasteiger partial charge is 0.327 e. The first kappa shape index (κ1) is 13.6. The summed E-state index contributed by atoms with van der Waals surface area (Å²) in [6.07, 6.45) is 2.01. The summed E-state index contributed by atoms with van der Waals surface area (Å²) in [5.41, 5.74) is 6.07. The highest BCUT2D eigenvalue weighted by Gasteiger charge is 2.05. The summed E-state index contributed by atoms with van der Waals surface area (Å²) in [5.74, 6) is 0.640. The van der Waals surface area contributed by atoms with Gasteiger partial charge in [0.25, 0.3) is 0 Å². The Morgan fingerprint density at radius 3 is 2.89 bits per heavy atom. The minimum absolute atomic E-state index is 0.153. The summed E-state index contributed by atoms with van der Waals surface area (Å²) in [4.78, 5) is 2.32. The summed E-state index contributed by atoms with van der Waals surface area (Å²) in [6, 6.07) is 11.0. The molecule has 0 aliphatic heterocycles. The number of hydrogen-bond donors (Lipinski definition) is 1. The smallest absolute Gasteiger partial charge is 0.124 e. The molecule has 0 saturated heterocycles. The van der Waals surface area contributed by atoms with Gasteiger partial charge in [-0.2, -0.15) is 0 Å². The van der Waals surface area contributed by atoms with Gasteiger partial charge in [0.05, 0.1) is 0 Å². The second-order valence-electron chi connectivity index (χ2n) is 4.15. The highest BCUT2D eigenvalue weighted by molar-refractivity contribution is 7.99. The summed E-state index contributed by atoms with van der Waals surface area (Å²) in [7, 11) is 0. The minimum Gasteiger partial charge on any atom is -0.327 e. The maximum absolute atomic E-state index is 13.0. The number of benzene rings is 1. The van der Waals surface area contributed by atoms with Crippen molar-refractivity contribution in [3.8, 4) is 0 Å². The third-order valence-corrected chi connectivity index (χ3v) is 4.72. The number of rotatable bonds is 6. The zero-order chi connectivity index (χ0) is 12.8. The van der Waals surface area contributed by atoms with Crippen LogP contribution in [0.15, 0.2) is 46.7 Å². The summed E-state index contributed by atoms with van der Waals surface area (Å²) in [6.45, 7) is 0. The number of nitrogens with two attached hydrogens (primary N) is 1. The summed E-state index contributed by atoms with van der Waals surface area (Å²) >= 11 is 3.39. The van der Waals surface area contributed by atoms with Crippen LogP contribution >= 0.6 is 23.1 Å². The fourth-order valence-corrected chi connectivity index (χ4v) is 3.29. The van der Waals surface area contributed by atoms with Crippen molar-refractivity contribution in [1.29, 1.82) is 0 Å². The number of hydrogen-bond acceptors (Lipinski definition) is 3. The van der Waals surface area contributed by atoms with Crippen LogP contribution in [-0.2, 0) is 6.42 Å². The third kappa shape index (κ3) is 4.44. The van der Waals surface area contributed by atoms with Crippen LogP contribution in [-0.4, -0.2) is 11.8 Å². The van der Waals surface area contributed by atoms with E-state index in [2.05, 4.69) is 17.5 Å². The predicted octanol–water partition coefficient (Wildman–Crippen LogP) is 3.94. The van der Waals surface area contributed by atoms with Gasteiger partial charge < -0.3 is 5.73 Å². The molecule has 0 amide bonds. The van der Waals surface area contributed by atoms with Gasteiger partial charge in [0.1, 0.15) is 5.82 Å². The van der Waals surface area contributed by atoms with E-state index in [0.29, 0.717) is 0 Å². The lowest BCUT2D eigenvalue weighted by molar-refractivity contribution is 0.624. The van der Waals surface area contributed by atoms with Crippen LogP contribution in [0.5, 0.6) is 0 Å². The van der Waals surface area contributed by atoms with Crippen molar-refractivity contribution in [3.05, 3.63) is 52.5 Å². The van der Waals surface area contributed by atoms with Crippen LogP contribution in [0.4, 0.5) is 4.39 Å². The molecule has 96 valence electrons. The predicted molar refractivity (Wildman–Crippen MR) is 77.7 cm³/mol. The van der Waals surface area contributed by atoms with E-state index in [1.807, 2.05) is 6.07 Å². The average Bonchev–Trinajstić information content (AvgIpc) is 2.87. The highest BCUT2D eigenvalue weighted by atomic mass is 32.2. The van der Waals surface area contributed by atoms with Crippen molar-refractivity contribution in [2.24, 2.45) is 5.73 Å². The van der Waals surface area contributed by atoms with Crippen molar-refractivity contribution < 1.29 is 4.39 Å². The van der Waals surface area contributed by atoms with Crippen molar-refractivity contribution in [2.45, 2.75) is 23.8 Å². The normalized spacial score (nSPS) is 12.6. The first-order chi connectivity index (χ1) is 8.74. The van der Waals surface area contributed by atoms with Gasteiger partial charge in [0, 0.05) is 21.6 Å². The standard InChI is InChI=1S/C14H16FNS2/c15-11-3-1-4-14(9-11)18-10-12(16)6-7-13-5-2-8-17-13/h1-5,8-9,12H,6-7,10,16H2. The van der Waals surface area contributed by atoms with Crippen molar-refractivity contribution in [1.82, 2.24) is 0 Å². The molecule has 0 bridgehead atoms. The zero-order valence-corrected chi connectivity index (χ0v) is 11.6. The minimum atomic E-state index is -0.188. The Morgan fingerprint density at radius 1 is 1.28 bits per heavy atom. The molecule has 1 unspecified atom stereocenters. The molecule has 0 aliphatic rings. The maximum Gasteiger partial charge on any atom is 0.124 e. The fraction of sp³-hybridized carbons (Fsp3) is 0.286. The summed E-state index contributed by atoms with van der Waals surface area (Å²) in [5, 5.41) is 2.09. The lowest BCUT2D eigenvalue weighted by atomic mass is 10.2. The Morgan fingerprint density at radius 2 is 2.17 bits per heavy atom. The van der Waals surface area contributed by atoms with Gasteiger partial charge >= 0.3 is 0 Å². The van der Waals surface area contributed by atoms with E-state index in [4.69, 9.17) is 5.73 Å². The molecule has 18 heavy (non-hydrogen) atoms. The van der Waals surface area contributed by atoms with Gasteiger partial charge in [-0.3, -0.25) is 0 Å². The van der Waals surface area contributed by atoms with Gasteiger partial charge in [-0.25, -0.2) is 4.39 Å². The zero-order valence-electron chi connectivity index (χ0n) is 10.0. The molecule has 1 nitrogen and oxygen atoms in total. The Hall–Kier alpha value is -0.840. The van der Waals surface area contributed by atoms with Gasteiger partial charge in [0.15, 0.2) is 0 Å². The Bertz CT molecular complexity index is 470. The maximum atomic E-state index is 13.0. The van der Waals surface area contributed by atoms with Crippen LogP contribution in [0.3, 0.4) is 0 Å². The van der Waals surface area contributed by atoms with Crippen molar-refractivity contribution >= 4 is 23.1 Å². The third-order valence-electron chi connectivity index (χ3n) is 2.60. The molecule has 1 atom stereocenters. The van der Waals surface area contributed by atoms with Gasteiger partial charge in [-0.05, 0) is 42.5 Å². The van der Waals surface area contributed by atoms with Crippen molar-refractivity contribution in [2.75, 3.05) is 5.75 Å². The molecule has 0 fully saturated rings. The molecule has 1 aromatic heterocycles. The molecule has 1 aromatic carbocycles. The van der Waals surface area contributed by atoms with Crippen molar-refractivity contribution in [3.63, 3.8) is 0 Å². The lowest BCUT2D eigenvalue weighted by Crippen LogP contribution is -2.23. The SMILES string of the molecule is NC(CCc1cccs1)CSc1cccc(F)c1. The Balaban J connectivity index is 1.73. The van der Waals surface area contributed by atoms with Gasteiger partial charge in [0.2, 0.25) is 0 Å². The first-order valence-electron chi connectivity index (χ1n) is 5.90. The van der Waals surface area contributed by atoms with E-state index in [0.717, 1.165) is 23.5 Å². The molecule has 0 spiro atoms. The fourth-order valence-electron chi connectivity index (χ4n) is 1.63. The molecule has 1 heterocycles. The molecule has 2 rings (SSSR count). The monoisotopic (exact) mass is 281 g/mol. The highest BCUT2D eigenvalue weighted by Crippen LogP contribution is 2.20. The quantitative estimate of drug-likeness (QED) is 0.812.